The third kappa shape index (κ3) is 3.76. The molecule has 1 rings (SSSR count). The van der Waals surface area contributed by atoms with E-state index in [1.54, 1.807) is 6.92 Å². The monoisotopic (exact) mass is 232 g/mol. The molecule has 0 aliphatic rings. The van der Waals surface area contributed by atoms with Crippen LogP contribution in [0.1, 0.15) is 12.6 Å². The van der Waals surface area contributed by atoms with E-state index in [0.29, 0.717) is 0 Å². The maximum atomic E-state index is 12.0. The maximum Gasteiger partial charge on any atom is 0.388 e. The number of rotatable bonds is 5. The second-order valence-corrected chi connectivity index (χ2v) is 2.67. The molecule has 0 saturated carbocycles. The average molecular weight is 232 g/mol. The Kier molecular flexibility index (Phi) is 4.56. The van der Waals surface area contributed by atoms with Crippen molar-refractivity contribution in [3.8, 4) is 5.88 Å². The maximum absolute atomic E-state index is 12.0. The fourth-order valence-corrected chi connectivity index (χ4v) is 1.01. The van der Waals surface area contributed by atoms with Gasteiger partial charge in [-0.05, 0) is 6.92 Å². The Morgan fingerprint density at radius 2 is 2.12 bits per heavy atom. The first-order valence-corrected chi connectivity index (χ1v) is 4.53. The summed E-state index contributed by atoms with van der Waals surface area (Å²) in [7, 11) is 0. The van der Waals surface area contributed by atoms with Crippen molar-refractivity contribution < 1.29 is 23.0 Å². The molecule has 1 aromatic rings. The van der Waals surface area contributed by atoms with Crippen molar-refractivity contribution in [2.45, 2.75) is 20.0 Å². The summed E-state index contributed by atoms with van der Waals surface area (Å²) >= 11 is 0. The first-order valence-electron chi connectivity index (χ1n) is 4.53. The van der Waals surface area contributed by atoms with Crippen molar-refractivity contribution >= 4 is 5.97 Å². The van der Waals surface area contributed by atoms with Crippen LogP contribution in [0.5, 0.6) is 5.88 Å². The highest BCUT2D eigenvalue weighted by molar-refractivity contribution is 5.72. The van der Waals surface area contributed by atoms with Crippen LogP contribution < -0.4 is 4.74 Å². The molecule has 0 atom stereocenters. The topological polar surface area (TPSA) is 61.3 Å². The van der Waals surface area contributed by atoms with Crippen molar-refractivity contribution in [2.24, 2.45) is 0 Å². The molecule has 5 nitrogen and oxygen atoms in total. The minimum atomic E-state index is -3.00. The second kappa shape index (κ2) is 5.94. The Morgan fingerprint density at radius 3 is 2.75 bits per heavy atom. The second-order valence-electron chi connectivity index (χ2n) is 2.67. The molecule has 0 spiro atoms. The van der Waals surface area contributed by atoms with Crippen molar-refractivity contribution in [1.82, 2.24) is 9.97 Å². The van der Waals surface area contributed by atoms with Crippen LogP contribution in [0.15, 0.2) is 12.4 Å². The zero-order chi connectivity index (χ0) is 12.0. The van der Waals surface area contributed by atoms with Gasteiger partial charge >= 0.3 is 12.6 Å². The number of carbonyl (C=O) groups excluding carboxylic acids is 1. The van der Waals surface area contributed by atoms with E-state index in [1.165, 1.54) is 12.4 Å². The van der Waals surface area contributed by atoms with Crippen LogP contribution in [-0.4, -0.2) is 29.2 Å². The standard InChI is InChI=1S/C9H10F2N2O3/c1-2-15-7(14)5-6-8(16-9(10)11)13-4-3-12-6/h3-4,9H,2,5H2,1H3. The number of halogens is 2. The van der Waals surface area contributed by atoms with Gasteiger partial charge in [0.05, 0.1) is 13.0 Å². The smallest absolute Gasteiger partial charge is 0.388 e. The van der Waals surface area contributed by atoms with Crippen LogP contribution in [0.25, 0.3) is 0 Å². The van der Waals surface area contributed by atoms with E-state index in [-0.39, 0.29) is 24.6 Å². The minimum absolute atomic E-state index is 0.0289. The molecule has 0 aromatic carbocycles. The Bertz CT molecular complexity index is 360. The molecule has 0 saturated heterocycles. The van der Waals surface area contributed by atoms with E-state index in [9.17, 15) is 13.6 Å². The summed E-state index contributed by atoms with van der Waals surface area (Å²) in [4.78, 5) is 18.4. The van der Waals surface area contributed by atoms with Gasteiger partial charge in [0.15, 0.2) is 0 Å². The van der Waals surface area contributed by atoms with Crippen molar-refractivity contribution in [1.29, 1.82) is 0 Å². The Hall–Kier alpha value is -1.79. The summed E-state index contributed by atoms with van der Waals surface area (Å²) in [5.41, 5.74) is 0.0289. The molecule has 0 radical (unpaired) electrons. The molecule has 16 heavy (non-hydrogen) atoms. The average Bonchev–Trinajstić information content (AvgIpc) is 2.20. The molecule has 0 N–H and O–H groups in total. The summed E-state index contributed by atoms with van der Waals surface area (Å²) in [5, 5.41) is 0. The van der Waals surface area contributed by atoms with Gasteiger partial charge in [0.2, 0.25) is 5.88 Å². The summed E-state index contributed by atoms with van der Waals surface area (Å²) in [6.07, 6.45) is 2.24. The highest BCUT2D eigenvalue weighted by Gasteiger charge is 2.15. The van der Waals surface area contributed by atoms with Gasteiger partial charge in [-0.2, -0.15) is 8.78 Å². The van der Waals surface area contributed by atoms with Gasteiger partial charge in [0.1, 0.15) is 5.69 Å². The van der Waals surface area contributed by atoms with E-state index in [4.69, 9.17) is 0 Å². The SMILES string of the molecule is CCOC(=O)Cc1nccnc1OC(F)F. The van der Waals surface area contributed by atoms with Crippen LogP contribution in [0.2, 0.25) is 0 Å². The molecule has 0 fully saturated rings. The van der Waals surface area contributed by atoms with Crippen LogP contribution in [0.4, 0.5) is 8.78 Å². The summed E-state index contributed by atoms with van der Waals surface area (Å²) in [6, 6.07) is 0. The van der Waals surface area contributed by atoms with Gasteiger partial charge in [-0.15, -0.1) is 0 Å². The highest BCUT2D eigenvalue weighted by atomic mass is 19.3. The van der Waals surface area contributed by atoms with Gasteiger partial charge in [0, 0.05) is 12.4 Å². The zero-order valence-electron chi connectivity index (χ0n) is 8.52. The van der Waals surface area contributed by atoms with E-state index in [2.05, 4.69) is 19.4 Å². The van der Waals surface area contributed by atoms with Crippen LogP contribution in [-0.2, 0) is 16.0 Å². The van der Waals surface area contributed by atoms with E-state index in [1.807, 2.05) is 0 Å². The predicted molar refractivity (Wildman–Crippen MR) is 49.0 cm³/mol. The molecule has 0 aliphatic carbocycles. The Labute approximate surface area is 90.4 Å². The lowest BCUT2D eigenvalue weighted by atomic mass is 10.3. The molecule has 0 amide bonds. The van der Waals surface area contributed by atoms with E-state index in [0.717, 1.165) is 0 Å². The van der Waals surface area contributed by atoms with Crippen molar-refractivity contribution in [3.05, 3.63) is 18.1 Å². The van der Waals surface area contributed by atoms with E-state index < -0.39 is 12.6 Å². The lowest BCUT2D eigenvalue weighted by Crippen LogP contribution is -2.13. The van der Waals surface area contributed by atoms with E-state index >= 15 is 0 Å². The van der Waals surface area contributed by atoms with Crippen LogP contribution >= 0.6 is 0 Å². The number of esters is 1. The highest BCUT2D eigenvalue weighted by Crippen LogP contribution is 2.15. The fourth-order valence-electron chi connectivity index (χ4n) is 1.01. The molecule has 88 valence electrons. The van der Waals surface area contributed by atoms with Gasteiger partial charge < -0.3 is 9.47 Å². The minimum Gasteiger partial charge on any atom is -0.466 e. The van der Waals surface area contributed by atoms with Gasteiger partial charge in [-0.25, -0.2) is 4.98 Å². The van der Waals surface area contributed by atoms with Crippen molar-refractivity contribution in [3.63, 3.8) is 0 Å². The number of aromatic nitrogens is 2. The number of hydrogen-bond acceptors (Lipinski definition) is 5. The molecule has 1 aromatic heterocycles. The fraction of sp³-hybridized carbons (Fsp3) is 0.444. The lowest BCUT2D eigenvalue weighted by molar-refractivity contribution is -0.142. The normalized spacial score (nSPS) is 10.2. The molecule has 0 bridgehead atoms. The predicted octanol–water partition coefficient (Wildman–Crippen LogP) is 1.18. The van der Waals surface area contributed by atoms with Gasteiger partial charge in [-0.3, -0.25) is 9.78 Å². The van der Waals surface area contributed by atoms with Crippen molar-refractivity contribution in [2.75, 3.05) is 6.61 Å². The largest absolute Gasteiger partial charge is 0.466 e. The lowest BCUT2D eigenvalue weighted by Gasteiger charge is -2.07. The first-order chi connectivity index (χ1) is 7.63. The number of alkyl halides is 2. The summed E-state index contributed by atoms with van der Waals surface area (Å²) in [5.74, 6) is -0.923. The Balaban J connectivity index is 2.74. The number of nitrogens with zero attached hydrogens (tertiary/aromatic N) is 2. The summed E-state index contributed by atoms with van der Waals surface area (Å²) in [6.45, 7) is -1.15. The zero-order valence-corrected chi connectivity index (χ0v) is 8.52. The van der Waals surface area contributed by atoms with Crippen LogP contribution in [0, 0.1) is 0 Å². The molecule has 0 unspecified atom stereocenters. The number of hydrogen-bond donors (Lipinski definition) is 0. The molecule has 7 heteroatoms. The molecule has 0 aliphatic heterocycles. The third-order valence-corrected chi connectivity index (χ3v) is 1.55. The molecule has 1 heterocycles. The van der Waals surface area contributed by atoms with Gasteiger partial charge in [-0.1, -0.05) is 0 Å². The number of carbonyl (C=O) groups is 1. The van der Waals surface area contributed by atoms with Crippen LogP contribution in [0.3, 0.4) is 0 Å². The quantitative estimate of drug-likeness (QED) is 0.713. The first kappa shape index (κ1) is 12.3. The molecular formula is C9H10F2N2O3. The molecular weight excluding hydrogens is 222 g/mol. The Morgan fingerprint density at radius 1 is 1.44 bits per heavy atom. The third-order valence-electron chi connectivity index (χ3n) is 1.55. The number of ether oxygens (including phenoxy) is 2. The van der Waals surface area contributed by atoms with Gasteiger partial charge in [0.25, 0.3) is 0 Å². The summed E-state index contributed by atoms with van der Waals surface area (Å²) < 4.78 is 32.7.